The lowest BCUT2D eigenvalue weighted by Gasteiger charge is -2.26. The summed E-state index contributed by atoms with van der Waals surface area (Å²) in [6.07, 6.45) is 7.19. The van der Waals surface area contributed by atoms with Crippen molar-refractivity contribution >= 4 is 39.7 Å². The monoisotopic (exact) mass is 571 g/mol. The number of ether oxygens (including phenoxy) is 1. The van der Waals surface area contributed by atoms with Crippen LogP contribution in [0, 0.1) is 5.82 Å². The van der Waals surface area contributed by atoms with Crippen molar-refractivity contribution < 1.29 is 13.9 Å². The van der Waals surface area contributed by atoms with Crippen LogP contribution in [0.25, 0.3) is 22.2 Å². The zero-order valence-electron chi connectivity index (χ0n) is 24.7. The van der Waals surface area contributed by atoms with Crippen LogP contribution in [-0.2, 0) is 4.79 Å². The number of halogens is 1. The van der Waals surface area contributed by atoms with E-state index in [4.69, 9.17) is 4.74 Å². The van der Waals surface area contributed by atoms with Crippen LogP contribution in [0.3, 0.4) is 0 Å². The highest BCUT2D eigenvalue weighted by Gasteiger charge is 2.19. The maximum atomic E-state index is 14.3. The number of amides is 1. The van der Waals surface area contributed by atoms with Gasteiger partial charge in [0.15, 0.2) is 0 Å². The highest BCUT2D eigenvalue weighted by atomic mass is 19.1. The maximum Gasteiger partial charge on any atom is 0.247 e. The minimum atomic E-state index is -0.307. The van der Waals surface area contributed by atoms with Crippen molar-refractivity contribution in [1.29, 1.82) is 0 Å². The molecule has 0 saturated carbocycles. The number of likely N-dealkylation sites (tertiary alicyclic amines) is 1. The SMILES string of the molecule is C=CC(=O)Nc1cc(Nc2cc(-c3cn(C(C)C)c4ccc(F)cc34)ncn2)c(OC)cc1N(C)CCN1CCCC1. The Labute approximate surface area is 246 Å². The molecule has 9 nitrogen and oxygen atoms in total. The molecule has 1 fully saturated rings. The van der Waals surface area contributed by atoms with Crippen LogP contribution in [0.4, 0.5) is 27.3 Å². The Hall–Kier alpha value is -4.44. The van der Waals surface area contributed by atoms with Gasteiger partial charge in [-0.1, -0.05) is 6.58 Å². The molecule has 0 aliphatic carbocycles. The molecule has 0 spiro atoms. The lowest BCUT2D eigenvalue weighted by Crippen LogP contribution is -2.32. The van der Waals surface area contributed by atoms with Gasteiger partial charge in [0.05, 0.1) is 29.9 Å². The van der Waals surface area contributed by atoms with Crippen LogP contribution >= 0.6 is 0 Å². The molecule has 5 rings (SSSR count). The third kappa shape index (κ3) is 6.23. The van der Waals surface area contributed by atoms with Crippen molar-refractivity contribution in [2.75, 3.05) is 55.9 Å². The maximum absolute atomic E-state index is 14.3. The second-order valence-electron chi connectivity index (χ2n) is 10.9. The summed E-state index contributed by atoms with van der Waals surface area (Å²) in [5, 5.41) is 7.06. The number of carbonyl (C=O) groups is 1. The van der Waals surface area contributed by atoms with Crippen molar-refractivity contribution in [3.8, 4) is 17.0 Å². The van der Waals surface area contributed by atoms with E-state index in [0.717, 1.165) is 48.3 Å². The fourth-order valence-electron chi connectivity index (χ4n) is 5.42. The second kappa shape index (κ2) is 12.6. The normalized spacial score (nSPS) is 13.5. The first-order chi connectivity index (χ1) is 20.3. The number of aromatic nitrogens is 3. The Bertz CT molecular complexity index is 1590. The van der Waals surface area contributed by atoms with Gasteiger partial charge in [0, 0.05) is 61.0 Å². The summed E-state index contributed by atoms with van der Waals surface area (Å²) >= 11 is 0. The van der Waals surface area contributed by atoms with Crippen molar-refractivity contribution in [3.05, 3.63) is 67.4 Å². The molecule has 1 aliphatic heterocycles. The zero-order chi connectivity index (χ0) is 29.8. The Balaban J connectivity index is 1.48. The predicted octanol–water partition coefficient (Wildman–Crippen LogP) is 6.23. The molecule has 2 aromatic carbocycles. The lowest BCUT2D eigenvalue weighted by atomic mass is 10.1. The zero-order valence-corrected chi connectivity index (χ0v) is 24.7. The van der Waals surface area contributed by atoms with E-state index in [1.54, 1.807) is 13.2 Å². The summed E-state index contributed by atoms with van der Waals surface area (Å²) < 4.78 is 22.1. The van der Waals surface area contributed by atoms with E-state index < -0.39 is 0 Å². The van der Waals surface area contributed by atoms with E-state index in [2.05, 4.69) is 55.4 Å². The molecule has 2 aromatic heterocycles. The minimum absolute atomic E-state index is 0.187. The van der Waals surface area contributed by atoms with Gasteiger partial charge in [-0.2, -0.15) is 0 Å². The highest BCUT2D eigenvalue weighted by Crippen LogP contribution is 2.39. The molecule has 0 unspecified atom stereocenters. The van der Waals surface area contributed by atoms with Crippen molar-refractivity contribution in [2.24, 2.45) is 0 Å². The summed E-state index contributed by atoms with van der Waals surface area (Å²) in [4.78, 5) is 25.9. The van der Waals surface area contributed by atoms with Crippen molar-refractivity contribution in [1.82, 2.24) is 19.4 Å². The van der Waals surface area contributed by atoms with Crippen LogP contribution in [0.15, 0.2) is 61.6 Å². The number of rotatable bonds is 11. The standard InChI is InChI=1S/C32H38FN7O2/c1-6-32(41)37-26-16-27(30(42-5)18-29(26)38(4)13-14-39-11-7-8-12-39)36-31-17-25(34-20-35-31)24-19-40(21(2)3)28-10-9-22(33)15-23(24)28/h6,9-10,15-21H,1,7-8,11-14H2,2-5H3,(H,37,41)(H,34,35,36). The van der Waals surface area contributed by atoms with Crippen molar-refractivity contribution in [2.45, 2.75) is 32.7 Å². The summed E-state index contributed by atoms with van der Waals surface area (Å²) in [6, 6.07) is 10.6. The Kier molecular flexibility index (Phi) is 8.72. The van der Waals surface area contributed by atoms with Gasteiger partial charge in [-0.15, -0.1) is 0 Å². The summed E-state index contributed by atoms with van der Waals surface area (Å²) in [5.74, 6) is 0.505. The van der Waals surface area contributed by atoms with E-state index in [1.807, 2.05) is 31.4 Å². The van der Waals surface area contributed by atoms with Gasteiger partial charge in [0.2, 0.25) is 5.91 Å². The Morgan fingerprint density at radius 3 is 2.67 bits per heavy atom. The molecule has 0 atom stereocenters. The van der Waals surface area contributed by atoms with Gasteiger partial charge in [-0.3, -0.25) is 4.79 Å². The fourth-order valence-corrected chi connectivity index (χ4v) is 5.42. The topological polar surface area (TPSA) is 87.5 Å². The average molecular weight is 572 g/mol. The number of anilines is 4. The summed E-state index contributed by atoms with van der Waals surface area (Å²) in [6.45, 7) is 11.8. The number of carbonyl (C=O) groups excluding carboxylic acids is 1. The highest BCUT2D eigenvalue weighted by molar-refractivity contribution is 6.02. The quantitative estimate of drug-likeness (QED) is 0.207. The number of fused-ring (bicyclic) bond motifs is 1. The molecule has 1 amide bonds. The van der Waals surface area contributed by atoms with E-state index in [9.17, 15) is 9.18 Å². The molecular formula is C32H38FN7O2. The van der Waals surface area contributed by atoms with Crippen LogP contribution in [0.2, 0.25) is 0 Å². The molecular weight excluding hydrogens is 533 g/mol. The first kappa shape index (κ1) is 29.1. The second-order valence-corrected chi connectivity index (χ2v) is 10.9. The smallest absolute Gasteiger partial charge is 0.247 e. The first-order valence-corrected chi connectivity index (χ1v) is 14.3. The van der Waals surface area contributed by atoms with Gasteiger partial charge in [0.25, 0.3) is 0 Å². The van der Waals surface area contributed by atoms with Gasteiger partial charge < -0.3 is 29.7 Å². The van der Waals surface area contributed by atoms with Crippen LogP contribution < -0.4 is 20.3 Å². The Morgan fingerprint density at radius 1 is 1.17 bits per heavy atom. The van der Waals surface area contributed by atoms with E-state index in [0.29, 0.717) is 28.6 Å². The number of hydrogen-bond donors (Lipinski definition) is 2. The predicted molar refractivity (Wildman–Crippen MR) is 167 cm³/mol. The van der Waals surface area contributed by atoms with Crippen LogP contribution in [0.1, 0.15) is 32.7 Å². The lowest BCUT2D eigenvalue weighted by molar-refractivity contribution is -0.111. The summed E-state index contributed by atoms with van der Waals surface area (Å²) in [7, 11) is 3.62. The largest absolute Gasteiger partial charge is 0.494 e. The van der Waals surface area contributed by atoms with Gasteiger partial charge in [-0.05, 0) is 70.1 Å². The fraction of sp³-hybridized carbons (Fsp3) is 0.344. The molecule has 42 heavy (non-hydrogen) atoms. The number of hydrogen-bond acceptors (Lipinski definition) is 7. The molecule has 4 aromatic rings. The van der Waals surface area contributed by atoms with E-state index >= 15 is 0 Å². The van der Waals surface area contributed by atoms with Gasteiger partial charge in [-0.25, -0.2) is 14.4 Å². The molecule has 1 saturated heterocycles. The van der Waals surface area contributed by atoms with E-state index in [-0.39, 0.29) is 17.8 Å². The number of benzene rings is 2. The van der Waals surface area contributed by atoms with Gasteiger partial charge >= 0.3 is 0 Å². The molecule has 3 heterocycles. The first-order valence-electron chi connectivity index (χ1n) is 14.3. The number of methoxy groups -OCH3 is 1. The minimum Gasteiger partial charge on any atom is -0.494 e. The third-order valence-corrected chi connectivity index (χ3v) is 7.68. The Morgan fingerprint density at radius 2 is 1.95 bits per heavy atom. The average Bonchev–Trinajstić information content (AvgIpc) is 3.64. The van der Waals surface area contributed by atoms with Crippen LogP contribution in [0.5, 0.6) is 5.75 Å². The molecule has 0 bridgehead atoms. The van der Waals surface area contributed by atoms with Crippen molar-refractivity contribution in [3.63, 3.8) is 0 Å². The van der Waals surface area contributed by atoms with Crippen LogP contribution in [-0.4, -0.2) is 65.7 Å². The number of nitrogens with zero attached hydrogens (tertiary/aromatic N) is 5. The van der Waals surface area contributed by atoms with E-state index in [1.165, 1.54) is 37.4 Å². The molecule has 10 heteroatoms. The molecule has 0 radical (unpaired) electrons. The molecule has 220 valence electrons. The van der Waals surface area contributed by atoms with Gasteiger partial charge in [0.1, 0.15) is 23.7 Å². The number of nitrogens with one attached hydrogen (secondary N) is 2. The molecule has 2 N–H and O–H groups in total. The number of likely N-dealkylation sites (N-methyl/N-ethyl adjacent to an activating group) is 1. The third-order valence-electron chi connectivity index (χ3n) is 7.68. The summed E-state index contributed by atoms with van der Waals surface area (Å²) in [5.41, 5.74) is 4.47. The molecule has 1 aliphatic rings.